The van der Waals surface area contributed by atoms with Gasteiger partial charge < -0.3 is 10.6 Å². The minimum absolute atomic E-state index is 0.0619. The number of urea groups is 1. The van der Waals surface area contributed by atoms with Gasteiger partial charge in [0.25, 0.3) is 0 Å². The summed E-state index contributed by atoms with van der Waals surface area (Å²) in [4.78, 5) is 11.3. The van der Waals surface area contributed by atoms with Crippen molar-refractivity contribution in [3.63, 3.8) is 0 Å². The largest absolute Gasteiger partial charge is 0.338 e. The number of hydrogen-bond donors (Lipinski definition) is 2. The lowest BCUT2D eigenvalue weighted by Gasteiger charge is -2.09. The monoisotopic (exact) mass is 258 g/mol. The molecule has 94 valence electrons. The molecule has 1 rings (SSSR count). The summed E-state index contributed by atoms with van der Waals surface area (Å²) >= 11 is 5.63. The summed E-state index contributed by atoms with van der Waals surface area (Å²) in [6.45, 7) is 4.97. The van der Waals surface area contributed by atoms with Crippen molar-refractivity contribution in [2.75, 3.05) is 6.54 Å². The van der Waals surface area contributed by atoms with Gasteiger partial charge in [-0.1, -0.05) is 31.5 Å². The van der Waals surface area contributed by atoms with Crippen molar-refractivity contribution in [1.82, 2.24) is 10.6 Å². The van der Waals surface area contributed by atoms with Crippen LogP contribution in [0.4, 0.5) is 9.18 Å². The number of benzene rings is 1. The molecule has 0 aromatic heterocycles. The summed E-state index contributed by atoms with van der Waals surface area (Å²) < 4.78 is 12.9. The van der Waals surface area contributed by atoms with Crippen LogP contribution in [0.2, 0.25) is 5.02 Å². The molecule has 0 unspecified atom stereocenters. The first kappa shape index (κ1) is 13.8. The van der Waals surface area contributed by atoms with Crippen LogP contribution in [0.5, 0.6) is 0 Å². The Morgan fingerprint density at radius 2 is 2.12 bits per heavy atom. The molecular weight excluding hydrogens is 243 g/mol. The van der Waals surface area contributed by atoms with Crippen LogP contribution in [0.25, 0.3) is 0 Å². The van der Waals surface area contributed by atoms with Gasteiger partial charge in [0.1, 0.15) is 5.82 Å². The Hall–Kier alpha value is -1.29. The molecule has 0 aliphatic carbocycles. The third-order valence-corrected chi connectivity index (χ3v) is 2.40. The zero-order chi connectivity index (χ0) is 12.8. The van der Waals surface area contributed by atoms with Gasteiger partial charge in [0, 0.05) is 13.1 Å². The highest BCUT2D eigenvalue weighted by Crippen LogP contribution is 2.15. The lowest BCUT2D eigenvalue weighted by molar-refractivity contribution is 0.239. The molecule has 5 heteroatoms. The van der Waals surface area contributed by atoms with Crippen molar-refractivity contribution in [3.8, 4) is 0 Å². The summed E-state index contributed by atoms with van der Waals surface area (Å²) in [7, 11) is 0. The zero-order valence-corrected chi connectivity index (χ0v) is 10.6. The minimum Gasteiger partial charge on any atom is -0.338 e. The van der Waals surface area contributed by atoms with Crippen LogP contribution in [0.15, 0.2) is 18.2 Å². The molecule has 2 N–H and O–H groups in total. The predicted molar refractivity (Wildman–Crippen MR) is 66.5 cm³/mol. The quantitative estimate of drug-likeness (QED) is 0.857. The average Bonchev–Trinajstić information content (AvgIpc) is 2.28. The highest BCUT2D eigenvalue weighted by atomic mass is 35.5. The zero-order valence-electron chi connectivity index (χ0n) is 9.89. The summed E-state index contributed by atoms with van der Waals surface area (Å²) in [5.41, 5.74) is 0.760. The van der Waals surface area contributed by atoms with Gasteiger partial charge in [0.05, 0.1) is 5.02 Å². The molecule has 0 heterocycles. The number of amides is 2. The third-order valence-electron chi connectivity index (χ3n) is 2.11. The number of halogens is 2. The first-order chi connectivity index (χ1) is 7.99. The maximum absolute atomic E-state index is 12.9. The summed E-state index contributed by atoms with van der Waals surface area (Å²) in [5.74, 6) is -0.0549. The van der Waals surface area contributed by atoms with Crippen molar-refractivity contribution < 1.29 is 9.18 Å². The van der Waals surface area contributed by atoms with Gasteiger partial charge >= 0.3 is 6.03 Å². The van der Waals surface area contributed by atoms with Crippen LogP contribution in [-0.2, 0) is 6.54 Å². The van der Waals surface area contributed by atoms with Crippen molar-refractivity contribution in [1.29, 1.82) is 0 Å². The number of carbonyl (C=O) groups is 1. The Morgan fingerprint density at radius 3 is 2.71 bits per heavy atom. The van der Waals surface area contributed by atoms with E-state index in [0.29, 0.717) is 19.0 Å². The van der Waals surface area contributed by atoms with E-state index in [-0.39, 0.29) is 11.1 Å². The molecule has 3 nitrogen and oxygen atoms in total. The van der Waals surface area contributed by atoms with E-state index < -0.39 is 5.82 Å². The Balaban J connectivity index is 2.39. The van der Waals surface area contributed by atoms with E-state index in [1.54, 1.807) is 6.07 Å². The van der Waals surface area contributed by atoms with Gasteiger partial charge in [0.15, 0.2) is 0 Å². The van der Waals surface area contributed by atoms with Gasteiger partial charge in [-0.25, -0.2) is 9.18 Å². The standard InChI is InChI=1S/C12H16ClFN2O/c1-8(2)6-15-12(17)16-7-9-3-4-11(14)10(13)5-9/h3-5,8H,6-7H2,1-2H3,(H2,15,16,17). The molecule has 0 bridgehead atoms. The molecule has 0 radical (unpaired) electrons. The van der Waals surface area contributed by atoms with Crippen LogP contribution in [0.3, 0.4) is 0 Å². The molecular formula is C12H16ClFN2O. The Kier molecular flexibility index (Phi) is 5.22. The van der Waals surface area contributed by atoms with Crippen LogP contribution >= 0.6 is 11.6 Å². The van der Waals surface area contributed by atoms with E-state index in [1.165, 1.54) is 12.1 Å². The number of rotatable bonds is 4. The van der Waals surface area contributed by atoms with Gasteiger partial charge in [-0.15, -0.1) is 0 Å². The van der Waals surface area contributed by atoms with Gasteiger partial charge in [0.2, 0.25) is 0 Å². The smallest absolute Gasteiger partial charge is 0.315 e. The average molecular weight is 259 g/mol. The normalized spacial score (nSPS) is 10.4. The number of nitrogens with one attached hydrogen (secondary N) is 2. The Bertz CT molecular complexity index is 396. The molecule has 0 atom stereocenters. The van der Waals surface area contributed by atoms with E-state index in [2.05, 4.69) is 10.6 Å². The lowest BCUT2D eigenvalue weighted by atomic mass is 10.2. The summed E-state index contributed by atoms with van der Waals surface area (Å²) in [6, 6.07) is 4.13. The second-order valence-corrected chi connectivity index (χ2v) is 4.61. The second kappa shape index (κ2) is 6.45. The van der Waals surface area contributed by atoms with Crippen LogP contribution in [0.1, 0.15) is 19.4 Å². The first-order valence-corrected chi connectivity index (χ1v) is 5.82. The Morgan fingerprint density at radius 1 is 1.41 bits per heavy atom. The lowest BCUT2D eigenvalue weighted by Crippen LogP contribution is -2.37. The van der Waals surface area contributed by atoms with Crippen molar-refractivity contribution in [2.24, 2.45) is 5.92 Å². The van der Waals surface area contributed by atoms with E-state index in [4.69, 9.17) is 11.6 Å². The molecule has 1 aromatic carbocycles. The van der Waals surface area contributed by atoms with Gasteiger partial charge in [-0.3, -0.25) is 0 Å². The van der Waals surface area contributed by atoms with Crippen LogP contribution in [-0.4, -0.2) is 12.6 Å². The Labute approximate surface area is 105 Å². The van der Waals surface area contributed by atoms with Crippen LogP contribution < -0.4 is 10.6 Å². The maximum Gasteiger partial charge on any atom is 0.315 e. The highest BCUT2D eigenvalue weighted by Gasteiger charge is 2.03. The molecule has 17 heavy (non-hydrogen) atoms. The van der Waals surface area contributed by atoms with Gasteiger partial charge in [-0.2, -0.15) is 0 Å². The molecule has 0 spiro atoms. The fourth-order valence-corrected chi connectivity index (χ4v) is 1.39. The fourth-order valence-electron chi connectivity index (χ4n) is 1.19. The van der Waals surface area contributed by atoms with E-state index in [9.17, 15) is 9.18 Å². The maximum atomic E-state index is 12.9. The fraction of sp³-hybridized carbons (Fsp3) is 0.417. The van der Waals surface area contributed by atoms with Crippen molar-refractivity contribution in [3.05, 3.63) is 34.6 Å². The molecule has 0 saturated carbocycles. The topological polar surface area (TPSA) is 41.1 Å². The van der Waals surface area contributed by atoms with Crippen molar-refractivity contribution >= 4 is 17.6 Å². The second-order valence-electron chi connectivity index (χ2n) is 4.21. The van der Waals surface area contributed by atoms with Crippen molar-refractivity contribution in [2.45, 2.75) is 20.4 Å². The number of carbonyl (C=O) groups excluding carboxylic acids is 1. The minimum atomic E-state index is -0.459. The molecule has 0 fully saturated rings. The summed E-state index contributed by atoms with van der Waals surface area (Å²) in [6.07, 6.45) is 0. The summed E-state index contributed by atoms with van der Waals surface area (Å²) in [5, 5.41) is 5.45. The molecule has 0 saturated heterocycles. The molecule has 1 aromatic rings. The van der Waals surface area contributed by atoms with Gasteiger partial charge in [-0.05, 0) is 23.6 Å². The molecule has 0 aliphatic rings. The third kappa shape index (κ3) is 5.04. The van der Waals surface area contributed by atoms with E-state index in [0.717, 1.165) is 5.56 Å². The predicted octanol–water partition coefficient (Wildman–Crippen LogP) is 2.93. The molecule has 2 amide bonds. The molecule has 0 aliphatic heterocycles. The van der Waals surface area contributed by atoms with E-state index >= 15 is 0 Å². The highest BCUT2D eigenvalue weighted by molar-refractivity contribution is 6.30. The van der Waals surface area contributed by atoms with Crippen LogP contribution in [0, 0.1) is 11.7 Å². The van der Waals surface area contributed by atoms with E-state index in [1.807, 2.05) is 13.8 Å². The first-order valence-electron chi connectivity index (χ1n) is 5.44. The SMILES string of the molecule is CC(C)CNC(=O)NCc1ccc(F)c(Cl)c1. The number of hydrogen-bond acceptors (Lipinski definition) is 1.